The Kier molecular flexibility index (Phi) is 6.33. The van der Waals surface area contributed by atoms with E-state index in [1.807, 2.05) is 18.2 Å². The molecule has 2 aromatic carbocycles. The number of rotatable bonds is 8. The molecule has 3 aliphatic carbocycles. The van der Waals surface area contributed by atoms with Gasteiger partial charge in [0.1, 0.15) is 17.3 Å². The van der Waals surface area contributed by atoms with Crippen LogP contribution in [0.1, 0.15) is 36.7 Å². The van der Waals surface area contributed by atoms with Crippen LogP contribution in [0.15, 0.2) is 60.8 Å². The summed E-state index contributed by atoms with van der Waals surface area (Å²) in [5, 5.41) is 8.80. The van der Waals surface area contributed by atoms with Crippen molar-refractivity contribution in [3.05, 3.63) is 77.3 Å². The molecule has 3 N–H and O–H groups in total. The molecule has 6 rings (SSSR count). The number of para-hydroxylation sites is 1. The molecule has 3 fully saturated rings. The number of anilines is 1. The smallest absolute Gasteiger partial charge is 0.270 e. The highest BCUT2D eigenvalue weighted by Crippen LogP contribution is 2.60. The van der Waals surface area contributed by atoms with Crippen LogP contribution in [0.4, 0.5) is 10.1 Å². The predicted octanol–water partition coefficient (Wildman–Crippen LogP) is 4.10. The number of aromatic nitrogens is 1. The van der Waals surface area contributed by atoms with Gasteiger partial charge in [0.25, 0.3) is 11.8 Å². The van der Waals surface area contributed by atoms with E-state index in [-0.39, 0.29) is 51.9 Å². The molecule has 3 aromatic rings. The standard InChI is InChI=1S/C27H24ClFN4O4/c1-16(34)31-22-5-3-2-4-19(22)17-8-9-30-23(10-17)25(36)33-27-13-26(14-27,15-27)32-24(35)12-37-18-6-7-20(28)21(29)11-18/h2-11H,12-15H2,1H3,(H,31,34)(H,32,35)(H,33,36). The van der Waals surface area contributed by atoms with Gasteiger partial charge in [-0.15, -0.1) is 0 Å². The average molecular weight is 523 g/mol. The van der Waals surface area contributed by atoms with Crippen molar-refractivity contribution in [3.63, 3.8) is 0 Å². The third-order valence-corrected chi connectivity index (χ3v) is 6.92. The van der Waals surface area contributed by atoms with E-state index in [2.05, 4.69) is 20.9 Å². The minimum Gasteiger partial charge on any atom is -0.484 e. The van der Waals surface area contributed by atoms with E-state index in [0.717, 1.165) is 17.2 Å². The van der Waals surface area contributed by atoms with Gasteiger partial charge in [0.15, 0.2) is 6.61 Å². The second-order valence-corrected chi connectivity index (χ2v) is 10.0. The van der Waals surface area contributed by atoms with Gasteiger partial charge >= 0.3 is 0 Å². The third kappa shape index (κ3) is 5.13. The van der Waals surface area contributed by atoms with E-state index < -0.39 is 5.82 Å². The van der Waals surface area contributed by atoms with Crippen LogP contribution in [0.3, 0.4) is 0 Å². The molecule has 37 heavy (non-hydrogen) atoms. The lowest BCUT2D eigenvalue weighted by Gasteiger charge is -2.70. The van der Waals surface area contributed by atoms with Crippen molar-refractivity contribution in [2.24, 2.45) is 0 Å². The number of halogens is 2. The van der Waals surface area contributed by atoms with Gasteiger partial charge in [0.2, 0.25) is 5.91 Å². The van der Waals surface area contributed by atoms with Crippen LogP contribution in [0.5, 0.6) is 5.75 Å². The lowest BCUT2D eigenvalue weighted by atomic mass is 9.44. The van der Waals surface area contributed by atoms with Crippen molar-refractivity contribution in [3.8, 4) is 16.9 Å². The second-order valence-electron chi connectivity index (χ2n) is 9.61. The lowest BCUT2D eigenvalue weighted by Crippen LogP contribution is -2.84. The summed E-state index contributed by atoms with van der Waals surface area (Å²) in [6.45, 7) is 1.19. The van der Waals surface area contributed by atoms with Crippen molar-refractivity contribution >= 4 is 35.0 Å². The molecule has 0 atom stereocenters. The van der Waals surface area contributed by atoms with Crippen molar-refractivity contribution in [2.45, 2.75) is 37.3 Å². The zero-order valence-electron chi connectivity index (χ0n) is 19.9. The van der Waals surface area contributed by atoms with Crippen molar-refractivity contribution in [2.75, 3.05) is 11.9 Å². The van der Waals surface area contributed by atoms with Crippen LogP contribution in [-0.4, -0.2) is 40.4 Å². The molecule has 3 amide bonds. The van der Waals surface area contributed by atoms with Crippen LogP contribution in [0.25, 0.3) is 11.1 Å². The van der Waals surface area contributed by atoms with Gasteiger partial charge < -0.3 is 20.7 Å². The molecular formula is C27H24ClFN4O4. The molecular weight excluding hydrogens is 499 g/mol. The fourth-order valence-electron chi connectivity index (χ4n) is 5.16. The van der Waals surface area contributed by atoms with Gasteiger partial charge in [-0.1, -0.05) is 29.8 Å². The summed E-state index contributed by atoms with van der Waals surface area (Å²) in [7, 11) is 0. The molecule has 0 radical (unpaired) electrons. The van der Waals surface area contributed by atoms with Crippen LogP contribution in [0, 0.1) is 5.82 Å². The number of pyridine rings is 1. The zero-order valence-corrected chi connectivity index (χ0v) is 20.7. The van der Waals surface area contributed by atoms with Crippen LogP contribution in [-0.2, 0) is 9.59 Å². The Balaban J connectivity index is 1.15. The van der Waals surface area contributed by atoms with Gasteiger partial charge in [-0.05, 0) is 55.2 Å². The third-order valence-electron chi connectivity index (χ3n) is 6.62. The maximum Gasteiger partial charge on any atom is 0.270 e. The number of benzene rings is 2. The molecule has 190 valence electrons. The molecule has 3 aliphatic rings. The summed E-state index contributed by atoms with van der Waals surface area (Å²) in [6, 6.07) is 14.8. The number of amides is 3. The highest BCUT2D eigenvalue weighted by atomic mass is 35.5. The largest absolute Gasteiger partial charge is 0.484 e. The molecule has 0 unspecified atom stereocenters. The summed E-state index contributed by atoms with van der Waals surface area (Å²) in [5.74, 6) is -1.20. The van der Waals surface area contributed by atoms with E-state index in [1.165, 1.54) is 19.1 Å². The first-order chi connectivity index (χ1) is 17.7. The van der Waals surface area contributed by atoms with Gasteiger partial charge in [0.05, 0.1) is 5.02 Å². The van der Waals surface area contributed by atoms with Gasteiger partial charge in [-0.3, -0.25) is 19.4 Å². The monoisotopic (exact) mass is 522 g/mol. The topological polar surface area (TPSA) is 109 Å². The number of hydrogen-bond donors (Lipinski definition) is 3. The summed E-state index contributed by atoms with van der Waals surface area (Å²) < 4.78 is 18.9. The van der Waals surface area contributed by atoms with Crippen molar-refractivity contribution in [1.29, 1.82) is 0 Å². The summed E-state index contributed by atoms with van der Waals surface area (Å²) in [5.41, 5.74) is 1.70. The highest BCUT2D eigenvalue weighted by Gasteiger charge is 2.69. The SMILES string of the molecule is CC(=O)Nc1ccccc1-c1ccnc(C(=O)NC23CC(NC(=O)COc4ccc(Cl)c(F)c4)(C2)C3)c1. The van der Waals surface area contributed by atoms with Crippen LogP contribution in [0.2, 0.25) is 5.02 Å². The Labute approximate surface area is 217 Å². The summed E-state index contributed by atoms with van der Waals surface area (Å²) >= 11 is 5.65. The maximum absolute atomic E-state index is 13.5. The van der Waals surface area contributed by atoms with E-state index in [1.54, 1.807) is 24.4 Å². The number of nitrogens with one attached hydrogen (secondary N) is 3. The first-order valence-corrected chi connectivity index (χ1v) is 12.1. The fraction of sp³-hybridized carbons (Fsp3) is 0.259. The second kappa shape index (κ2) is 9.48. The Morgan fingerprint density at radius 1 is 1.03 bits per heavy atom. The molecule has 10 heteroatoms. The van der Waals surface area contributed by atoms with Gasteiger partial charge in [-0.2, -0.15) is 0 Å². The Hall–Kier alpha value is -3.98. The average Bonchev–Trinajstić information content (AvgIpc) is 2.82. The Morgan fingerprint density at radius 3 is 2.49 bits per heavy atom. The van der Waals surface area contributed by atoms with E-state index >= 15 is 0 Å². The summed E-state index contributed by atoms with van der Waals surface area (Å²) in [4.78, 5) is 41.1. The van der Waals surface area contributed by atoms with Gasteiger partial charge in [0, 0.05) is 41.5 Å². The minimum absolute atomic E-state index is 0.0188. The molecule has 0 aliphatic heterocycles. The first-order valence-electron chi connectivity index (χ1n) is 11.7. The fourth-order valence-corrected chi connectivity index (χ4v) is 5.28. The van der Waals surface area contributed by atoms with Crippen LogP contribution >= 0.6 is 11.6 Å². The first kappa shape index (κ1) is 24.7. The molecule has 8 nitrogen and oxygen atoms in total. The van der Waals surface area contributed by atoms with E-state index in [0.29, 0.717) is 24.9 Å². The normalized spacial score (nSPS) is 21.2. The van der Waals surface area contributed by atoms with Crippen molar-refractivity contribution < 1.29 is 23.5 Å². The molecule has 0 saturated heterocycles. The lowest BCUT2D eigenvalue weighted by molar-refractivity contribution is -0.141. The van der Waals surface area contributed by atoms with Crippen molar-refractivity contribution in [1.82, 2.24) is 15.6 Å². The minimum atomic E-state index is -0.617. The zero-order chi connectivity index (χ0) is 26.2. The molecule has 2 bridgehead atoms. The molecule has 0 spiro atoms. The summed E-state index contributed by atoms with van der Waals surface area (Å²) in [6.07, 6.45) is 3.39. The highest BCUT2D eigenvalue weighted by molar-refractivity contribution is 6.30. The molecule has 3 saturated carbocycles. The Bertz CT molecular complexity index is 1390. The molecule has 1 aromatic heterocycles. The number of carbonyl (C=O) groups is 3. The number of carbonyl (C=O) groups excluding carboxylic acids is 3. The van der Waals surface area contributed by atoms with Gasteiger partial charge in [-0.25, -0.2) is 4.39 Å². The maximum atomic E-state index is 13.5. The Morgan fingerprint density at radius 2 is 1.76 bits per heavy atom. The number of ether oxygens (including phenoxy) is 1. The quantitative estimate of drug-likeness (QED) is 0.413. The van der Waals surface area contributed by atoms with E-state index in [4.69, 9.17) is 16.3 Å². The number of nitrogens with zero attached hydrogens (tertiary/aromatic N) is 1. The number of hydrogen-bond acceptors (Lipinski definition) is 5. The predicted molar refractivity (Wildman–Crippen MR) is 136 cm³/mol. The molecule has 1 heterocycles. The van der Waals surface area contributed by atoms with Crippen LogP contribution < -0.4 is 20.7 Å². The van der Waals surface area contributed by atoms with E-state index in [9.17, 15) is 18.8 Å².